The molecule has 100 valence electrons. The molecule has 0 amide bonds. The summed E-state index contributed by atoms with van der Waals surface area (Å²) < 4.78 is 49.6. The van der Waals surface area contributed by atoms with Crippen molar-refractivity contribution < 1.29 is 27.1 Å². The van der Waals surface area contributed by atoms with E-state index in [0.717, 1.165) is 13.0 Å². The number of rotatable bonds is 1. The monoisotopic (exact) mass is 272 g/mol. The molecule has 0 saturated heterocycles. The van der Waals surface area contributed by atoms with Crippen LogP contribution in [0.25, 0.3) is 11.0 Å². The average Bonchev–Trinajstić information content (AvgIpc) is 2.33. The van der Waals surface area contributed by atoms with Crippen LogP contribution in [0.5, 0.6) is 5.75 Å². The van der Waals surface area contributed by atoms with Crippen LogP contribution in [-0.2, 0) is 4.79 Å². The van der Waals surface area contributed by atoms with Crippen molar-refractivity contribution in [3.63, 3.8) is 0 Å². The Labute approximate surface area is 104 Å². The molecule has 1 heterocycles. The van der Waals surface area contributed by atoms with E-state index in [-0.39, 0.29) is 10.9 Å². The van der Waals surface area contributed by atoms with Crippen molar-refractivity contribution in [1.29, 1.82) is 0 Å². The molecule has 1 aromatic carbocycles. The number of halogens is 3. The first-order valence-corrected chi connectivity index (χ1v) is 5.12. The molecule has 0 unspecified atom stereocenters. The summed E-state index contributed by atoms with van der Waals surface area (Å²) in [5.74, 6) is -5.74. The minimum absolute atomic E-state index is 0.247. The van der Waals surface area contributed by atoms with Crippen LogP contribution in [0.1, 0.15) is 12.5 Å². The lowest BCUT2D eigenvalue weighted by Gasteiger charge is -2.08. The first kappa shape index (κ1) is 13.1. The number of carbonyl (C=O) groups is 1. The van der Waals surface area contributed by atoms with Gasteiger partial charge in [-0.15, -0.1) is 0 Å². The Morgan fingerprint density at radius 1 is 1.26 bits per heavy atom. The summed E-state index contributed by atoms with van der Waals surface area (Å²) in [6.07, 6.45) is 0. The fraction of sp³-hybridized carbons (Fsp3) is 0.167. The van der Waals surface area contributed by atoms with Gasteiger partial charge in [0.15, 0.2) is 11.4 Å². The lowest BCUT2D eigenvalue weighted by atomic mass is 10.1. The summed E-state index contributed by atoms with van der Waals surface area (Å²) in [6, 6.07) is 0.734. The molecule has 0 atom stereocenters. The van der Waals surface area contributed by atoms with Crippen LogP contribution in [0.3, 0.4) is 0 Å². The normalized spacial score (nSPS) is 10.8. The number of carbonyl (C=O) groups excluding carboxylic acids is 1. The van der Waals surface area contributed by atoms with Gasteiger partial charge in [-0.25, -0.2) is 9.18 Å². The molecule has 2 aromatic rings. The quantitative estimate of drug-likeness (QED) is 0.454. The van der Waals surface area contributed by atoms with Gasteiger partial charge in [-0.3, -0.25) is 4.79 Å². The van der Waals surface area contributed by atoms with Crippen molar-refractivity contribution in [2.24, 2.45) is 0 Å². The number of benzene rings is 1. The standard InChI is InChI=1S/C12H7F3O4/c1-4-6-3-7(13)11(18-5(2)16)9(15)10(6)19-12(17)8(4)14/h3H,1-2H3. The van der Waals surface area contributed by atoms with Crippen LogP contribution < -0.4 is 10.4 Å². The Hall–Kier alpha value is -2.31. The van der Waals surface area contributed by atoms with E-state index in [2.05, 4.69) is 9.15 Å². The third-order valence-electron chi connectivity index (χ3n) is 2.48. The Morgan fingerprint density at radius 3 is 2.47 bits per heavy atom. The van der Waals surface area contributed by atoms with Gasteiger partial charge in [-0.2, -0.15) is 8.78 Å². The van der Waals surface area contributed by atoms with Gasteiger partial charge in [0.25, 0.3) is 0 Å². The third kappa shape index (κ3) is 2.07. The molecule has 0 aliphatic rings. The summed E-state index contributed by atoms with van der Waals surface area (Å²) in [4.78, 5) is 21.8. The van der Waals surface area contributed by atoms with Crippen molar-refractivity contribution in [1.82, 2.24) is 0 Å². The van der Waals surface area contributed by atoms with Crippen molar-refractivity contribution in [3.05, 3.63) is 39.5 Å². The highest BCUT2D eigenvalue weighted by Gasteiger charge is 2.22. The predicted octanol–water partition coefficient (Wildman–Crippen LogP) is 2.44. The van der Waals surface area contributed by atoms with Gasteiger partial charge in [0.05, 0.1) is 0 Å². The molecule has 7 heteroatoms. The topological polar surface area (TPSA) is 56.5 Å². The maximum Gasteiger partial charge on any atom is 0.373 e. The highest BCUT2D eigenvalue weighted by molar-refractivity contribution is 5.83. The largest absolute Gasteiger partial charge is 0.420 e. The van der Waals surface area contributed by atoms with Gasteiger partial charge < -0.3 is 9.15 Å². The van der Waals surface area contributed by atoms with Gasteiger partial charge >= 0.3 is 11.6 Å². The molecule has 0 spiro atoms. The average molecular weight is 272 g/mol. The molecule has 0 radical (unpaired) electrons. The molecule has 0 fully saturated rings. The first-order chi connectivity index (χ1) is 8.82. The summed E-state index contributed by atoms with van der Waals surface area (Å²) in [5.41, 5.74) is -2.30. The molecule has 19 heavy (non-hydrogen) atoms. The Morgan fingerprint density at radius 2 is 1.89 bits per heavy atom. The second kappa shape index (κ2) is 4.42. The molecule has 1 aromatic heterocycles. The van der Waals surface area contributed by atoms with E-state index in [0.29, 0.717) is 0 Å². The number of esters is 1. The van der Waals surface area contributed by atoms with Crippen LogP contribution in [-0.4, -0.2) is 5.97 Å². The number of ether oxygens (including phenoxy) is 1. The summed E-state index contributed by atoms with van der Waals surface area (Å²) >= 11 is 0. The van der Waals surface area contributed by atoms with E-state index >= 15 is 0 Å². The maximum atomic E-state index is 13.9. The highest BCUT2D eigenvalue weighted by atomic mass is 19.1. The Balaban J connectivity index is 2.89. The third-order valence-corrected chi connectivity index (χ3v) is 2.48. The highest BCUT2D eigenvalue weighted by Crippen LogP contribution is 2.31. The molecule has 4 nitrogen and oxygen atoms in total. The van der Waals surface area contributed by atoms with Crippen LogP contribution in [0.15, 0.2) is 15.3 Å². The van der Waals surface area contributed by atoms with Gasteiger partial charge in [0.2, 0.25) is 17.4 Å². The van der Waals surface area contributed by atoms with Crippen LogP contribution in [0.4, 0.5) is 13.2 Å². The van der Waals surface area contributed by atoms with Crippen molar-refractivity contribution in [2.75, 3.05) is 0 Å². The van der Waals surface area contributed by atoms with Crippen molar-refractivity contribution in [2.45, 2.75) is 13.8 Å². The predicted molar refractivity (Wildman–Crippen MR) is 58.4 cm³/mol. The van der Waals surface area contributed by atoms with Crippen molar-refractivity contribution >= 4 is 16.9 Å². The number of hydrogen-bond donors (Lipinski definition) is 0. The zero-order valence-electron chi connectivity index (χ0n) is 9.84. The molecular formula is C12H7F3O4. The Bertz CT molecular complexity index is 749. The molecule has 2 rings (SSSR count). The second-order valence-corrected chi connectivity index (χ2v) is 3.80. The molecule has 0 aliphatic heterocycles. The summed E-state index contributed by atoms with van der Waals surface area (Å²) in [7, 11) is 0. The second-order valence-electron chi connectivity index (χ2n) is 3.80. The minimum Gasteiger partial charge on any atom is -0.420 e. The van der Waals surface area contributed by atoms with Gasteiger partial charge in [-0.05, 0) is 13.0 Å². The van der Waals surface area contributed by atoms with E-state index in [9.17, 15) is 22.8 Å². The number of aryl methyl sites for hydroxylation is 1. The summed E-state index contributed by atoms with van der Waals surface area (Å²) in [6.45, 7) is 2.13. The van der Waals surface area contributed by atoms with Gasteiger partial charge in [0.1, 0.15) is 0 Å². The van der Waals surface area contributed by atoms with Crippen LogP contribution in [0, 0.1) is 24.4 Å². The maximum absolute atomic E-state index is 13.9. The first-order valence-electron chi connectivity index (χ1n) is 5.12. The fourth-order valence-corrected chi connectivity index (χ4v) is 1.61. The van der Waals surface area contributed by atoms with Gasteiger partial charge in [0, 0.05) is 17.9 Å². The number of hydrogen-bond acceptors (Lipinski definition) is 4. The molecule has 0 saturated carbocycles. The number of fused-ring (bicyclic) bond motifs is 1. The van der Waals surface area contributed by atoms with Gasteiger partial charge in [-0.1, -0.05) is 0 Å². The summed E-state index contributed by atoms with van der Waals surface area (Å²) in [5, 5.41) is -0.247. The molecule has 0 N–H and O–H groups in total. The van der Waals surface area contributed by atoms with Crippen LogP contribution in [0.2, 0.25) is 0 Å². The molecular weight excluding hydrogens is 265 g/mol. The smallest absolute Gasteiger partial charge is 0.373 e. The zero-order valence-corrected chi connectivity index (χ0v) is 9.84. The SMILES string of the molecule is CC(=O)Oc1c(F)cc2c(C)c(F)c(=O)oc2c1F. The van der Waals surface area contributed by atoms with E-state index in [4.69, 9.17) is 0 Å². The lowest BCUT2D eigenvalue weighted by molar-refractivity contribution is -0.132. The Kier molecular flexibility index (Phi) is 3.05. The molecule has 0 aliphatic carbocycles. The minimum atomic E-state index is -1.38. The van der Waals surface area contributed by atoms with Crippen LogP contribution >= 0.6 is 0 Å². The van der Waals surface area contributed by atoms with Crippen molar-refractivity contribution in [3.8, 4) is 5.75 Å². The fourth-order valence-electron chi connectivity index (χ4n) is 1.61. The molecule has 0 bridgehead atoms. The van der Waals surface area contributed by atoms with E-state index in [1.54, 1.807) is 0 Å². The van der Waals surface area contributed by atoms with E-state index < -0.39 is 40.4 Å². The zero-order chi connectivity index (χ0) is 14.3. The van der Waals surface area contributed by atoms with E-state index in [1.807, 2.05) is 0 Å². The van der Waals surface area contributed by atoms with E-state index in [1.165, 1.54) is 6.92 Å². The lowest BCUT2D eigenvalue weighted by Crippen LogP contribution is -2.10.